The summed E-state index contributed by atoms with van der Waals surface area (Å²) in [5.41, 5.74) is -0.720. The van der Waals surface area contributed by atoms with Gasteiger partial charge in [0.25, 0.3) is 0 Å². The van der Waals surface area contributed by atoms with Crippen LogP contribution in [0.15, 0.2) is 41.4 Å². The van der Waals surface area contributed by atoms with Gasteiger partial charge in [-0.05, 0) is 12.5 Å². The van der Waals surface area contributed by atoms with Crippen LogP contribution in [0.25, 0.3) is 0 Å². The van der Waals surface area contributed by atoms with E-state index >= 15 is 0 Å². The Balaban J connectivity index is 2.17. The second-order valence-electron chi connectivity index (χ2n) is 5.22. The Morgan fingerprint density at radius 2 is 1.90 bits per heavy atom. The average Bonchev–Trinajstić information content (AvgIpc) is 2.68. The number of halogens is 1. The smallest absolute Gasteiger partial charge is 0.183 e. The fraction of sp³-hybridized carbons (Fsp3) is 0.500. The summed E-state index contributed by atoms with van der Waals surface area (Å²) in [5.74, 6) is 0. The van der Waals surface area contributed by atoms with E-state index in [9.17, 15) is 10.2 Å². The number of benzene rings is 1. The molecule has 1 aromatic rings. The van der Waals surface area contributed by atoms with Gasteiger partial charge in [-0.1, -0.05) is 68.1 Å². The normalized spacial score (nSPS) is 26.8. The van der Waals surface area contributed by atoms with Crippen LogP contribution in [0.1, 0.15) is 38.2 Å². The SMILES string of the molecule is CCCCCCN1C(O)C=C(Cl)C1(O)c1ccccc1. The van der Waals surface area contributed by atoms with Crippen LogP contribution in [0, 0.1) is 0 Å². The Morgan fingerprint density at radius 3 is 2.55 bits per heavy atom. The van der Waals surface area contributed by atoms with Gasteiger partial charge in [-0.2, -0.15) is 0 Å². The molecule has 0 fully saturated rings. The third kappa shape index (κ3) is 2.91. The van der Waals surface area contributed by atoms with Crippen LogP contribution in [-0.2, 0) is 5.72 Å². The number of rotatable bonds is 6. The van der Waals surface area contributed by atoms with Gasteiger partial charge in [0.05, 0.1) is 5.03 Å². The van der Waals surface area contributed by atoms with Crippen molar-refractivity contribution in [1.29, 1.82) is 0 Å². The van der Waals surface area contributed by atoms with Gasteiger partial charge in [0.1, 0.15) is 6.23 Å². The molecule has 0 spiro atoms. The van der Waals surface area contributed by atoms with E-state index in [0.29, 0.717) is 12.1 Å². The quantitative estimate of drug-likeness (QED) is 0.792. The molecule has 2 N–H and O–H groups in total. The van der Waals surface area contributed by atoms with E-state index in [1.165, 1.54) is 6.08 Å². The standard InChI is InChI=1S/C16H22ClNO2/c1-2-3-4-8-11-18-15(19)12-14(17)16(18,20)13-9-6-5-7-10-13/h5-7,9-10,12,15,19-20H,2-4,8,11H2,1H3. The monoisotopic (exact) mass is 295 g/mol. The minimum absolute atomic E-state index is 0.270. The highest BCUT2D eigenvalue weighted by molar-refractivity contribution is 6.30. The zero-order chi connectivity index (χ0) is 14.6. The molecule has 2 rings (SSSR count). The fourth-order valence-corrected chi connectivity index (χ4v) is 2.97. The van der Waals surface area contributed by atoms with E-state index in [0.717, 1.165) is 25.7 Å². The molecule has 4 heteroatoms. The lowest BCUT2D eigenvalue weighted by Gasteiger charge is -2.36. The van der Waals surface area contributed by atoms with Gasteiger partial charge in [-0.25, -0.2) is 4.90 Å². The summed E-state index contributed by atoms with van der Waals surface area (Å²) >= 11 is 6.19. The molecule has 20 heavy (non-hydrogen) atoms. The summed E-state index contributed by atoms with van der Waals surface area (Å²) in [6.45, 7) is 2.77. The zero-order valence-electron chi connectivity index (χ0n) is 11.8. The molecule has 1 aromatic carbocycles. The first kappa shape index (κ1) is 15.5. The summed E-state index contributed by atoms with van der Waals surface area (Å²) < 4.78 is 0. The highest BCUT2D eigenvalue weighted by atomic mass is 35.5. The van der Waals surface area contributed by atoms with Gasteiger partial charge in [-0.3, -0.25) is 0 Å². The van der Waals surface area contributed by atoms with Crippen LogP contribution in [0.5, 0.6) is 0 Å². The van der Waals surface area contributed by atoms with Gasteiger partial charge in [0, 0.05) is 12.1 Å². The molecule has 3 nitrogen and oxygen atoms in total. The molecule has 0 bridgehead atoms. The first-order valence-corrected chi connectivity index (χ1v) is 7.59. The molecule has 0 amide bonds. The number of hydrogen-bond donors (Lipinski definition) is 2. The Bertz CT molecular complexity index is 463. The van der Waals surface area contributed by atoms with Crippen molar-refractivity contribution >= 4 is 11.6 Å². The van der Waals surface area contributed by atoms with Crippen molar-refractivity contribution in [1.82, 2.24) is 4.90 Å². The van der Waals surface area contributed by atoms with Gasteiger partial charge in [-0.15, -0.1) is 0 Å². The highest BCUT2D eigenvalue weighted by Crippen LogP contribution is 2.42. The maximum Gasteiger partial charge on any atom is 0.183 e. The van der Waals surface area contributed by atoms with E-state index in [1.807, 2.05) is 30.3 Å². The Kier molecular flexibility index (Phi) is 5.22. The molecule has 1 aliphatic heterocycles. The second kappa shape index (κ2) is 6.72. The first-order chi connectivity index (χ1) is 9.60. The lowest BCUT2D eigenvalue weighted by Crippen LogP contribution is -2.47. The Hall–Kier alpha value is -0.870. The Labute approximate surface area is 125 Å². The largest absolute Gasteiger partial charge is 0.375 e. The maximum absolute atomic E-state index is 11.0. The van der Waals surface area contributed by atoms with Crippen LogP contribution in [0.3, 0.4) is 0 Å². The Morgan fingerprint density at radius 1 is 1.20 bits per heavy atom. The van der Waals surface area contributed by atoms with E-state index < -0.39 is 12.0 Å². The molecule has 2 unspecified atom stereocenters. The molecule has 1 heterocycles. The van der Waals surface area contributed by atoms with Crippen molar-refractivity contribution in [2.75, 3.05) is 6.54 Å². The fourth-order valence-electron chi connectivity index (χ4n) is 2.64. The third-order valence-electron chi connectivity index (χ3n) is 3.79. The van der Waals surface area contributed by atoms with Gasteiger partial charge < -0.3 is 10.2 Å². The topological polar surface area (TPSA) is 43.7 Å². The summed E-state index contributed by atoms with van der Waals surface area (Å²) in [4.78, 5) is 1.65. The van der Waals surface area contributed by atoms with E-state index in [1.54, 1.807) is 4.90 Å². The molecule has 0 aromatic heterocycles. The summed E-state index contributed by atoms with van der Waals surface area (Å²) in [7, 11) is 0. The maximum atomic E-state index is 11.0. The number of unbranched alkanes of at least 4 members (excludes halogenated alkanes) is 3. The summed E-state index contributed by atoms with van der Waals surface area (Å²) in [5, 5.41) is 21.4. The summed E-state index contributed by atoms with van der Waals surface area (Å²) in [6.07, 6.45) is 5.00. The zero-order valence-corrected chi connectivity index (χ0v) is 12.6. The van der Waals surface area contributed by atoms with Crippen LogP contribution < -0.4 is 0 Å². The van der Waals surface area contributed by atoms with Gasteiger partial charge in [0.15, 0.2) is 5.72 Å². The van der Waals surface area contributed by atoms with Crippen molar-refractivity contribution in [3.8, 4) is 0 Å². The predicted octanol–water partition coefficient (Wildman–Crippen LogP) is 3.17. The van der Waals surface area contributed by atoms with Crippen LogP contribution >= 0.6 is 11.6 Å². The van der Waals surface area contributed by atoms with Crippen molar-refractivity contribution in [2.24, 2.45) is 0 Å². The highest BCUT2D eigenvalue weighted by Gasteiger charge is 2.46. The van der Waals surface area contributed by atoms with E-state index in [2.05, 4.69) is 6.92 Å². The second-order valence-corrected chi connectivity index (χ2v) is 5.63. The number of nitrogens with zero attached hydrogens (tertiary/aromatic N) is 1. The number of aliphatic hydroxyl groups excluding tert-OH is 1. The van der Waals surface area contributed by atoms with Crippen LogP contribution in [-0.4, -0.2) is 27.9 Å². The molecule has 1 aliphatic rings. The van der Waals surface area contributed by atoms with Crippen molar-refractivity contribution in [3.63, 3.8) is 0 Å². The minimum atomic E-state index is -1.41. The third-order valence-corrected chi connectivity index (χ3v) is 4.18. The van der Waals surface area contributed by atoms with E-state index in [4.69, 9.17) is 11.6 Å². The molecule has 110 valence electrons. The molecule has 0 saturated carbocycles. The minimum Gasteiger partial charge on any atom is -0.375 e. The summed E-state index contributed by atoms with van der Waals surface area (Å²) in [6, 6.07) is 9.26. The van der Waals surface area contributed by atoms with Crippen LogP contribution in [0.2, 0.25) is 0 Å². The lowest BCUT2D eigenvalue weighted by atomic mass is 10.0. The molecule has 0 radical (unpaired) electrons. The molecular formula is C16H22ClNO2. The van der Waals surface area contributed by atoms with Crippen molar-refractivity contribution in [2.45, 2.75) is 44.6 Å². The van der Waals surface area contributed by atoms with Gasteiger partial charge >= 0.3 is 0 Å². The predicted molar refractivity (Wildman–Crippen MR) is 81.1 cm³/mol. The first-order valence-electron chi connectivity index (χ1n) is 7.21. The number of hydrogen-bond acceptors (Lipinski definition) is 3. The molecule has 0 aliphatic carbocycles. The lowest BCUT2D eigenvalue weighted by molar-refractivity contribution is -0.124. The van der Waals surface area contributed by atoms with Crippen LogP contribution in [0.4, 0.5) is 0 Å². The molecular weight excluding hydrogens is 274 g/mol. The molecule has 2 atom stereocenters. The van der Waals surface area contributed by atoms with Crippen molar-refractivity contribution in [3.05, 3.63) is 47.0 Å². The van der Waals surface area contributed by atoms with E-state index in [-0.39, 0.29) is 5.03 Å². The van der Waals surface area contributed by atoms with Crippen molar-refractivity contribution < 1.29 is 10.2 Å². The average molecular weight is 296 g/mol. The number of aliphatic hydroxyl groups is 2. The van der Waals surface area contributed by atoms with Gasteiger partial charge in [0.2, 0.25) is 0 Å². The molecule has 0 saturated heterocycles.